The Labute approximate surface area is 130 Å². The number of para-hydroxylation sites is 1. The predicted molar refractivity (Wildman–Crippen MR) is 85.7 cm³/mol. The van der Waals surface area contributed by atoms with Crippen LogP contribution in [0.25, 0.3) is 0 Å². The van der Waals surface area contributed by atoms with Crippen molar-refractivity contribution in [2.75, 3.05) is 11.9 Å². The quantitative estimate of drug-likeness (QED) is 0.596. The molecule has 1 aromatic carbocycles. The lowest BCUT2D eigenvalue weighted by molar-refractivity contribution is 0.0501. The third-order valence-corrected chi connectivity index (χ3v) is 3.33. The van der Waals surface area contributed by atoms with Crippen molar-refractivity contribution < 1.29 is 14.3 Å². The summed E-state index contributed by atoms with van der Waals surface area (Å²) < 4.78 is 5.19. The number of amides is 2. The molecule has 5 heteroatoms. The lowest BCUT2D eigenvalue weighted by Crippen LogP contribution is -2.25. The minimum atomic E-state index is -0.419. The average Bonchev–Trinajstić information content (AvgIpc) is 3.32. The molecular weight excluding hydrogens is 280 g/mol. The van der Waals surface area contributed by atoms with Crippen molar-refractivity contribution in [3.05, 3.63) is 42.1 Å². The van der Waals surface area contributed by atoms with Gasteiger partial charge in [-0.3, -0.25) is 0 Å². The fraction of sp³-hybridized carbons (Fsp3) is 0.412. The van der Waals surface area contributed by atoms with Crippen molar-refractivity contribution in [2.45, 2.75) is 32.6 Å². The van der Waals surface area contributed by atoms with Gasteiger partial charge >= 0.3 is 12.0 Å². The first kappa shape index (κ1) is 16.1. The first-order valence-corrected chi connectivity index (χ1v) is 7.71. The molecule has 0 saturated heterocycles. The van der Waals surface area contributed by atoms with Crippen molar-refractivity contribution in [1.82, 2.24) is 5.32 Å². The van der Waals surface area contributed by atoms with Gasteiger partial charge in [0.1, 0.15) is 0 Å². The SMILES string of the molecule is CCCCOC(=O)c1ccccc1NC(=O)N/C=C/C1CC1. The highest BCUT2D eigenvalue weighted by Crippen LogP contribution is 2.29. The van der Waals surface area contributed by atoms with Gasteiger partial charge in [0, 0.05) is 6.20 Å². The number of ether oxygens (including phenoxy) is 1. The lowest BCUT2D eigenvalue weighted by atomic mass is 10.2. The summed E-state index contributed by atoms with van der Waals surface area (Å²) in [6, 6.07) is 6.46. The number of carbonyl (C=O) groups is 2. The van der Waals surface area contributed by atoms with E-state index in [-0.39, 0.29) is 6.03 Å². The second-order valence-electron chi connectivity index (χ2n) is 5.33. The van der Waals surface area contributed by atoms with Crippen molar-refractivity contribution in [1.29, 1.82) is 0 Å². The van der Waals surface area contributed by atoms with E-state index in [1.165, 1.54) is 12.8 Å². The van der Waals surface area contributed by atoms with Crippen LogP contribution < -0.4 is 10.6 Å². The van der Waals surface area contributed by atoms with Gasteiger partial charge in [-0.05, 0) is 37.3 Å². The fourth-order valence-electron chi connectivity index (χ4n) is 1.86. The molecule has 0 atom stereocenters. The largest absolute Gasteiger partial charge is 0.462 e. The first-order chi connectivity index (χ1) is 10.7. The summed E-state index contributed by atoms with van der Waals surface area (Å²) in [4.78, 5) is 23.8. The molecule has 0 radical (unpaired) electrons. The van der Waals surface area contributed by atoms with Gasteiger partial charge in [-0.25, -0.2) is 9.59 Å². The summed E-state index contributed by atoms with van der Waals surface area (Å²) in [5.41, 5.74) is 0.807. The molecule has 2 amide bonds. The van der Waals surface area contributed by atoms with Gasteiger partial charge < -0.3 is 15.4 Å². The molecule has 0 bridgehead atoms. The van der Waals surface area contributed by atoms with Crippen molar-refractivity contribution in [3.8, 4) is 0 Å². The van der Waals surface area contributed by atoms with Gasteiger partial charge in [0.2, 0.25) is 0 Å². The topological polar surface area (TPSA) is 67.4 Å². The van der Waals surface area contributed by atoms with Crippen LogP contribution in [0, 0.1) is 5.92 Å². The number of esters is 1. The summed E-state index contributed by atoms with van der Waals surface area (Å²) in [6.07, 6.45) is 7.79. The van der Waals surface area contributed by atoms with Crippen LogP contribution in [-0.2, 0) is 4.74 Å². The third-order valence-electron chi connectivity index (χ3n) is 3.33. The molecule has 1 aliphatic carbocycles. The second kappa shape index (κ2) is 8.22. The molecule has 1 saturated carbocycles. The summed E-state index contributed by atoms with van der Waals surface area (Å²) in [7, 11) is 0. The van der Waals surface area contributed by atoms with Crippen LogP contribution in [-0.4, -0.2) is 18.6 Å². The highest BCUT2D eigenvalue weighted by atomic mass is 16.5. The molecule has 0 heterocycles. The Balaban J connectivity index is 1.91. The molecule has 2 N–H and O–H groups in total. The number of carbonyl (C=O) groups excluding carboxylic acids is 2. The number of hydrogen-bond donors (Lipinski definition) is 2. The van der Waals surface area contributed by atoms with E-state index in [2.05, 4.69) is 10.6 Å². The van der Waals surface area contributed by atoms with Gasteiger partial charge in [-0.15, -0.1) is 0 Å². The molecule has 0 unspecified atom stereocenters. The van der Waals surface area contributed by atoms with Crippen LogP contribution in [0.15, 0.2) is 36.5 Å². The van der Waals surface area contributed by atoms with E-state index in [1.807, 2.05) is 13.0 Å². The number of rotatable bonds is 7. The molecule has 22 heavy (non-hydrogen) atoms. The lowest BCUT2D eigenvalue weighted by Gasteiger charge is -2.10. The monoisotopic (exact) mass is 302 g/mol. The summed E-state index contributed by atoms with van der Waals surface area (Å²) >= 11 is 0. The number of unbranched alkanes of at least 4 members (excludes halogenated alkanes) is 1. The number of benzene rings is 1. The maximum atomic E-state index is 12.0. The predicted octanol–water partition coefficient (Wildman–Crippen LogP) is 3.69. The minimum Gasteiger partial charge on any atom is -0.462 e. The van der Waals surface area contributed by atoms with E-state index >= 15 is 0 Å². The molecular formula is C17H22N2O3. The van der Waals surface area contributed by atoms with E-state index in [9.17, 15) is 9.59 Å². The molecule has 1 aliphatic rings. The van der Waals surface area contributed by atoms with E-state index in [0.29, 0.717) is 23.8 Å². The Hall–Kier alpha value is -2.30. The average molecular weight is 302 g/mol. The summed E-state index contributed by atoms with van der Waals surface area (Å²) in [5, 5.41) is 5.31. The Kier molecular flexibility index (Phi) is 6.01. The molecule has 118 valence electrons. The number of nitrogens with one attached hydrogen (secondary N) is 2. The molecule has 0 aromatic heterocycles. The Bertz CT molecular complexity index is 551. The molecule has 1 aromatic rings. The smallest absolute Gasteiger partial charge is 0.340 e. The molecule has 0 spiro atoms. The number of anilines is 1. The normalized spacial score (nSPS) is 13.9. The highest BCUT2D eigenvalue weighted by molar-refractivity contribution is 6.00. The number of hydrogen-bond acceptors (Lipinski definition) is 3. The highest BCUT2D eigenvalue weighted by Gasteiger charge is 2.17. The minimum absolute atomic E-state index is 0.361. The van der Waals surface area contributed by atoms with Crippen LogP contribution in [0.1, 0.15) is 43.0 Å². The summed E-state index contributed by atoms with van der Waals surface area (Å²) in [5.74, 6) is 0.180. The molecule has 1 fully saturated rings. The Morgan fingerprint density at radius 3 is 2.82 bits per heavy atom. The van der Waals surface area contributed by atoms with Gasteiger partial charge in [-0.1, -0.05) is 31.6 Å². The van der Waals surface area contributed by atoms with E-state index in [4.69, 9.17) is 4.74 Å². The molecule has 2 rings (SSSR count). The standard InChI is InChI=1S/C17H22N2O3/c1-2-3-12-22-16(20)14-6-4-5-7-15(14)19-17(21)18-11-10-13-8-9-13/h4-7,10-11,13H,2-3,8-9,12H2,1H3,(H2,18,19,21)/b11-10+. The van der Waals surface area contributed by atoms with Crippen molar-refractivity contribution >= 4 is 17.7 Å². The Morgan fingerprint density at radius 2 is 2.09 bits per heavy atom. The van der Waals surface area contributed by atoms with Crippen molar-refractivity contribution in [2.24, 2.45) is 5.92 Å². The molecule has 0 aliphatic heterocycles. The van der Waals surface area contributed by atoms with Gasteiger partial charge in [-0.2, -0.15) is 0 Å². The number of allylic oxidation sites excluding steroid dienone is 1. The van der Waals surface area contributed by atoms with Crippen LogP contribution in [0.4, 0.5) is 10.5 Å². The maximum Gasteiger partial charge on any atom is 0.340 e. The van der Waals surface area contributed by atoms with Gasteiger partial charge in [0.05, 0.1) is 17.9 Å². The summed E-state index contributed by atoms with van der Waals surface area (Å²) in [6.45, 7) is 2.42. The zero-order valence-corrected chi connectivity index (χ0v) is 12.8. The second-order valence-corrected chi connectivity index (χ2v) is 5.33. The van der Waals surface area contributed by atoms with Crippen LogP contribution >= 0.6 is 0 Å². The van der Waals surface area contributed by atoms with Gasteiger partial charge in [0.15, 0.2) is 0 Å². The van der Waals surface area contributed by atoms with Gasteiger partial charge in [0.25, 0.3) is 0 Å². The number of urea groups is 1. The van der Waals surface area contributed by atoms with Crippen LogP contribution in [0.3, 0.4) is 0 Å². The fourth-order valence-corrected chi connectivity index (χ4v) is 1.86. The third kappa shape index (κ3) is 5.24. The first-order valence-electron chi connectivity index (χ1n) is 7.71. The molecule has 5 nitrogen and oxygen atoms in total. The zero-order chi connectivity index (χ0) is 15.8. The van der Waals surface area contributed by atoms with Crippen LogP contribution in [0.5, 0.6) is 0 Å². The van der Waals surface area contributed by atoms with E-state index in [0.717, 1.165) is 12.8 Å². The van der Waals surface area contributed by atoms with Crippen LogP contribution in [0.2, 0.25) is 0 Å². The maximum absolute atomic E-state index is 12.0. The zero-order valence-electron chi connectivity index (χ0n) is 12.8. The van der Waals surface area contributed by atoms with E-state index in [1.54, 1.807) is 30.5 Å². The van der Waals surface area contributed by atoms with Crippen molar-refractivity contribution in [3.63, 3.8) is 0 Å². The Morgan fingerprint density at radius 1 is 1.32 bits per heavy atom. The van der Waals surface area contributed by atoms with E-state index < -0.39 is 5.97 Å².